The molecule has 0 aromatic heterocycles. The summed E-state index contributed by atoms with van der Waals surface area (Å²) in [5.74, 6) is -0.740. The molecule has 21 heavy (non-hydrogen) atoms. The Labute approximate surface area is 127 Å². The summed E-state index contributed by atoms with van der Waals surface area (Å²) in [6.45, 7) is 1.85. The minimum absolute atomic E-state index is 0.0434. The number of nitrogens with one attached hydrogen (secondary N) is 1. The van der Waals surface area contributed by atoms with Gasteiger partial charge < -0.3 is 5.73 Å². The van der Waals surface area contributed by atoms with Crippen molar-refractivity contribution >= 4 is 32.9 Å². The highest BCUT2D eigenvalue weighted by Gasteiger charge is 2.16. The average Bonchev–Trinajstić information content (AvgIpc) is 2.41. The quantitative estimate of drug-likeness (QED) is 0.848. The largest absolute Gasteiger partial charge is 0.389 e. The van der Waals surface area contributed by atoms with Crippen molar-refractivity contribution in [1.82, 2.24) is 0 Å². The molecule has 0 unspecified atom stereocenters. The summed E-state index contributed by atoms with van der Waals surface area (Å²) in [6, 6.07) is 10.1. The minimum atomic E-state index is -3.84. The Bertz CT molecular complexity index is 787. The molecule has 0 radical (unpaired) electrons. The van der Waals surface area contributed by atoms with E-state index < -0.39 is 15.8 Å². The summed E-state index contributed by atoms with van der Waals surface area (Å²) in [6.07, 6.45) is 0. The standard InChI is InChI=1S/C14H13FN2O2S2/c1-9-2-5-11(6-3-9)21(18,19)17-13-7-4-10(14(16)20)8-12(13)15/h2-8,17H,1H3,(H2,16,20). The molecule has 0 aliphatic rings. The molecule has 0 saturated carbocycles. The van der Waals surface area contributed by atoms with Crippen LogP contribution in [0.1, 0.15) is 11.1 Å². The Morgan fingerprint density at radius 1 is 1.19 bits per heavy atom. The van der Waals surface area contributed by atoms with E-state index in [9.17, 15) is 12.8 Å². The van der Waals surface area contributed by atoms with Gasteiger partial charge in [-0.1, -0.05) is 29.9 Å². The van der Waals surface area contributed by atoms with E-state index in [-0.39, 0.29) is 15.6 Å². The van der Waals surface area contributed by atoms with Gasteiger partial charge in [0.1, 0.15) is 10.8 Å². The molecule has 0 aliphatic heterocycles. The van der Waals surface area contributed by atoms with Crippen LogP contribution in [0.15, 0.2) is 47.4 Å². The summed E-state index contributed by atoms with van der Waals surface area (Å²) in [5, 5.41) is 0. The van der Waals surface area contributed by atoms with E-state index in [0.29, 0.717) is 5.56 Å². The van der Waals surface area contributed by atoms with Crippen molar-refractivity contribution in [3.63, 3.8) is 0 Å². The predicted octanol–water partition coefficient (Wildman–Crippen LogP) is 2.57. The normalized spacial score (nSPS) is 11.1. The molecule has 7 heteroatoms. The molecule has 2 rings (SSSR count). The fourth-order valence-corrected chi connectivity index (χ4v) is 2.87. The highest BCUT2D eigenvalue weighted by molar-refractivity contribution is 7.92. The lowest BCUT2D eigenvalue weighted by Crippen LogP contribution is -2.15. The van der Waals surface area contributed by atoms with E-state index in [1.165, 1.54) is 24.3 Å². The van der Waals surface area contributed by atoms with E-state index >= 15 is 0 Å². The SMILES string of the molecule is Cc1ccc(S(=O)(=O)Nc2ccc(C(N)=S)cc2F)cc1. The highest BCUT2D eigenvalue weighted by Crippen LogP contribution is 2.20. The van der Waals surface area contributed by atoms with Crippen LogP contribution in [0.2, 0.25) is 0 Å². The molecule has 2 aromatic carbocycles. The summed E-state index contributed by atoms with van der Waals surface area (Å²) in [5.41, 5.74) is 6.50. The van der Waals surface area contributed by atoms with Gasteiger partial charge in [-0.15, -0.1) is 0 Å². The van der Waals surface area contributed by atoms with Crippen LogP contribution in [0.3, 0.4) is 0 Å². The number of aryl methyl sites for hydroxylation is 1. The lowest BCUT2D eigenvalue weighted by atomic mass is 10.2. The number of rotatable bonds is 4. The number of hydrogen-bond donors (Lipinski definition) is 2. The van der Waals surface area contributed by atoms with Crippen molar-refractivity contribution in [2.24, 2.45) is 5.73 Å². The van der Waals surface area contributed by atoms with Crippen LogP contribution < -0.4 is 10.5 Å². The third kappa shape index (κ3) is 3.56. The molecule has 0 aliphatic carbocycles. The molecule has 0 fully saturated rings. The number of hydrogen-bond acceptors (Lipinski definition) is 3. The van der Waals surface area contributed by atoms with E-state index in [2.05, 4.69) is 4.72 Å². The number of sulfonamides is 1. The highest BCUT2D eigenvalue weighted by atomic mass is 32.2. The van der Waals surface area contributed by atoms with Crippen molar-refractivity contribution < 1.29 is 12.8 Å². The zero-order valence-electron chi connectivity index (χ0n) is 11.1. The second-order valence-electron chi connectivity index (χ2n) is 4.48. The summed E-state index contributed by atoms with van der Waals surface area (Å²) >= 11 is 4.74. The minimum Gasteiger partial charge on any atom is -0.389 e. The Morgan fingerprint density at radius 3 is 2.33 bits per heavy atom. The third-order valence-corrected chi connectivity index (χ3v) is 4.45. The fraction of sp³-hybridized carbons (Fsp3) is 0.0714. The van der Waals surface area contributed by atoms with Gasteiger partial charge in [-0.05, 0) is 37.3 Å². The van der Waals surface area contributed by atoms with Crippen LogP contribution in [0.25, 0.3) is 0 Å². The Hall–Kier alpha value is -1.99. The van der Waals surface area contributed by atoms with Crippen molar-refractivity contribution in [3.05, 3.63) is 59.4 Å². The van der Waals surface area contributed by atoms with E-state index in [4.69, 9.17) is 18.0 Å². The zero-order chi connectivity index (χ0) is 15.6. The van der Waals surface area contributed by atoms with Gasteiger partial charge in [0.15, 0.2) is 0 Å². The zero-order valence-corrected chi connectivity index (χ0v) is 12.8. The van der Waals surface area contributed by atoms with Crippen LogP contribution in [0.4, 0.5) is 10.1 Å². The maximum atomic E-state index is 13.9. The van der Waals surface area contributed by atoms with Crippen molar-refractivity contribution in [3.8, 4) is 0 Å². The van der Waals surface area contributed by atoms with E-state index in [1.54, 1.807) is 12.1 Å². The van der Waals surface area contributed by atoms with Gasteiger partial charge in [-0.25, -0.2) is 12.8 Å². The molecule has 110 valence electrons. The molecule has 0 saturated heterocycles. The van der Waals surface area contributed by atoms with Crippen molar-refractivity contribution in [1.29, 1.82) is 0 Å². The Morgan fingerprint density at radius 2 is 1.81 bits per heavy atom. The molecule has 0 atom stereocenters. The van der Waals surface area contributed by atoms with Crippen LogP contribution in [0, 0.1) is 12.7 Å². The summed E-state index contributed by atoms with van der Waals surface area (Å²) in [4.78, 5) is 0.104. The number of halogens is 1. The average molecular weight is 324 g/mol. The number of benzene rings is 2. The first-order chi connectivity index (χ1) is 9.79. The Kier molecular flexibility index (Phi) is 4.24. The van der Waals surface area contributed by atoms with E-state index in [1.807, 2.05) is 6.92 Å². The first-order valence-electron chi connectivity index (χ1n) is 5.98. The number of nitrogens with two attached hydrogens (primary N) is 1. The van der Waals surface area contributed by atoms with Crippen LogP contribution in [0.5, 0.6) is 0 Å². The molecular weight excluding hydrogens is 311 g/mol. The molecule has 3 N–H and O–H groups in total. The maximum Gasteiger partial charge on any atom is 0.261 e. The molecule has 0 bridgehead atoms. The fourth-order valence-electron chi connectivity index (χ4n) is 1.67. The summed E-state index contributed by atoms with van der Waals surface area (Å²) < 4.78 is 40.4. The van der Waals surface area contributed by atoms with Crippen LogP contribution >= 0.6 is 12.2 Å². The van der Waals surface area contributed by atoms with Crippen molar-refractivity contribution in [2.75, 3.05) is 4.72 Å². The maximum absolute atomic E-state index is 13.9. The first kappa shape index (κ1) is 15.4. The van der Waals surface area contributed by atoms with Crippen LogP contribution in [-0.4, -0.2) is 13.4 Å². The van der Waals surface area contributed by atoms with Gasteiger partial charge in [0.05, 0.1) is 10.6 Å². The molecular formula is C14H13FN2O2S2. The number of anilines is 1. The number of thiocarbonyl (C=S) groups is 1. The lowest BCUT2D eigenvalue weighted by Gasteiger charge is -2.10. The van der Waals surface area contributed by atoms with Gasteiger partial charge in [-0.3, -0.25) is 4.72 Å². The van der Waals surface area contributed by atoms with Gasteiger partial charge in [0.2, 0.25) is 0 Å². The summed E-state index contributed by atoms with van der Waals surface area (Å²) in [7, 11) is -3.84. The van der Waals surface area contributed by atoms with Gasteiger partial charge in [0, 0.05) is 5.56 Å². The van der Waals surface area contributed by atoms with Gasteiger partial charge in [0.25, 0.3) is 10.0 Å². The molecule has 2 aromatic rings. The Balaban J connectivity index is 2.32. The first-order valence-corrected chi connectivity index (χ1v) is 7.87. The predicted molar refractivity (Wildman–Crippen MR) is 84.3 cm³/mol. The topological polar surface area (TPSA) is 72.2 Å². The lowest BCUT2D eigenvalue weighted by molar-refractivity contribution is 0.598. The van der Waals surface area contributed by atoms with Crippen LogP contribution in [-0.2, 0) is 10.0 Å². The second-order valence-corrected chi connectivity index (χ2v) is 6.60. The van der Waals surface area contributed by atoms with Gasteiger partial charge >= 0.3 is 0 Å². The second kappa shape index (κ2) is 5.79. The van der Waals surface area contributed by atoms with Crippen molar-refractivity contribution in [2.45, 2.75) is 11.8 Å². The van der Waals surface area contributed by atoms with E-state index in [0.717, 1.165) is 11.6 Å². The smallest absolute Gasteiger partial charge is 0.261 e. The molecule has 0 amide bonds. The monoisotopic (exact) mass is 324 g/mol. The molecule has 0 heterocycles. The molecule has 0 spiro atoms. The third-order valence-electron chi connectivity index (χ3n) is 2.83. The van der Waals surface area contributed by atoms with Gasteiger partial charge in [-0.2, -0.15) is 0 Å². The molecule has 4 nitrogen and oxygen atoms in total.